The van der Waals surface area contributed by atoms with E-state index < -0.39 is 25.6 Å². The number of nitrogens with two attached hydrogens (primary N) is 1. The van der Waals surface area contributed by atoms with Gasteiger partial charge in [-0.05, 0) is 71.3 Å². The average Bonchev–Trinajstić information content (AvgIpc) is 3.82. The zero-order chi connectivity index (χ0) is 45.6. The molecule has 320 valence electrons. The Kier molecular flexibility index (Phi) is 12.6. The average molecular weight is 894 g/mol. The standard InChI is InChI=1S/C27H19NO3S.C18H13NO2.C8H7NO2S/c29-26(15-19-11-12-22-13-14-32(30,31)27(22)16-19)23-17-24(20-7-3-1-4-8-20)28-25(18-23)21-9-5-2-6-10-21;20-18(21)15-11-16(13-7-3-1-4-8-13)19-17(12-15)14-9-5-2-6-10-14;9-7-2-1-6-3-4-12(10,11)8(6)5-7/h1-14,16-18H,15H2;1-12H,(H,20,21);1-5H,9H2. The minimum Gasteiger partial charge on any atom is -0.478 e. The molecule has 0 saturated carbocycles. The first kappa shape index (κ1) is 43.6. The van der Waals surface area contributed by atoms with Crippen LogP contribution in [-0.2, 0) is 26.1 Å². The number of sulfone groups is 2. The third-order valence-corrected chi connectivity index (χ3v) is 13.4. The first-order chi connectivity index (χ1) is 31.3. The lowest BCUT2D eigenvalue weighted by atomic mass is 9.98. The number of hydrogen-bond acceptors (Lipinski definition) is 9. The lowest BCUT2D eigenvalue weighted by molar-refractivity contribution is 0.0696. The molecule has 2 aliphatic heterocycles. The largest absolute Gasteiger partial charge is 0.478 e. The van der Waals surface area contributed by atoms with Crippen LogP contribution in [0.1, 0.15) is 37.4 Å². The summed E-state index contributed by atoms with van der Waals surface area (Å²) in [4.78, 5) is 34.5. The molecule has 10 rings (SSSR count). The van der Waals surface area contributed by atoms with Crippen LogP contribution >= 0.6 is 0 Å². The SMILES string of the molecule is Nc1ccc2c(c1)S(=O)(=O)C=C2.O=C(Cc1ccc2c(c1)S(=O)(=O)C=C2)c1cc(-c2ccccc2)nc(-c2ccccc2)c1.O=C(O)c1cc(-c2ccccc2)nc(-c2ccccc2)c1. The fourth-order valence-corrected chi connectivity index (χ4v) is 9.63. The normalized spacial score (nSPS) is 13.3. The van der Waals surface area contributed by atoms with E-state index in [1.54, 1.807) is 66.7 Å². The molecule has 0 radical (unpaired) electrons. The molecule has 0 spiro atoms. The number of rotatable bonds is 8. The maximum atomic E-state index is 13.2. The number of pyridine rings is 2. The van der Waals surface area contributed by atoms with E-state index >= 15 is 0 Å². The number of fused-ring (bicyclic) bond motifs is 2. The van der Waals surface area contributed by atoms with Crippen LogP contribution in [-0.4, -0.2) is 43.7 Å². The summed E-state index contributed by atoms with van der Waals surface area (Å²) < 4.78 is 46.9. The van der Waals surface area contributed by atoms with Crippen molar-refractivity contribution in [2.24, 2.45) is 0 Å². The number of carbonyl (C=O) groups is 2. The second kappa shape index (κ2) is 18.7. The summed E-state index contributed by atoms with van der Waals surface area (Å²) in [6, 6.07) is 55.4. The van der Waals surface area contributed by atoms with E-state index in [1.807, 2.05) is 121 Å². The number of carboxylic acid groups (broad SMARTS) is 1. The number of aromatic nitrogens is 2. The molecule has 0 unspecified atom stereocenters. The molecular formula is C53H39N3O7S2. The highest BCUT2D eigenvalue weighted by molar-refractivity contribution is 7.95. The molecule has 4 heterocycles. The number of ketones is 1. The summed E-state index contributed by atoms with van der Waals surface area (Å²) in [5.74, 6) is -1.04. The number of Topliss-reactive ketones (excluding diaryl/α,β-unsaturated/α-hetero) is 1. The van der Waals surface area contributed by atoms with E-state index in [2.05, 4.69) is 4.98 Å². The molecular weight excluding hydrogens is 855 g/mol. The van der Waals surface area contributed by atoms with E-state index in [1.165, 1.54) is 16.9 Å². The van der Waals surface area contributed by atoms with E-state index in [9.17, 15) is 31.5 Å². The van der Waals surface area contributed by atoms with Crippen LogP contribution in [0, 0.1) is 0 Å². The first-order valence-electron chi connectivity index (χ1n) is 20.2. The maximum absolute atomic E-state index is 13.2. The Hall–Kier alpha value is -8.06. The lowest BCUT2D eigenvalue weighted by Gasteiger charge is -2.10. The number of anilines is 1. The summed E-state index contributed by atoms with van der Waals surface area (Å²) >= 11 is 0. The van der Waals surface area contributed by atoms with Gasteiger partial charge in [-0.1, -0.05) is 140 Å². The highest BCUT2D eigenvalue weighted by Crippen LogP contribution is 2.31. The zero-order valence-electron chi connectivity index (χ0n) is 34.5. The van der Waals surface area contributed by atoms with Crippen LogP contribution in [0.2, 0.25) is 0 Å². The lowest BCUT2D eigenvalue weighted by Crippen LogP contribution is -2.06. The number of nitrogens with zero attached hydrogens (tertiary/aromatic N) is 2. The molecule has 0 atom stereocenters. The highest BCUT2D eigenvalue weighted by Gasteiger charge is 2.22. The number of carboxylic acids is 1. The van der Waals surface area contributed by atoms with Gasteiger partial charge in [-0.25, -0.2) is 31.6 Å². The monoisotopic (exact) mass is 893 g/mol. The van der Waals surface area contributed by atoms with Gasteiger partial charge >= 0.3 is 5.97 Å². The van der Waals surface area contributed by atoms with Gasteiger partial charge in [0.25, 0.3) is 0 Å². The molecule has 10 nitrogen and oxygen atoms in total. The van der Waals surface area contributed by atoms with E-state index in [0.29, 0.717) is 44.2 Å². The van der Waals surface area contributed by atoms with E-state index in [4.69, 9.17) is 10.7 Å². The maximum Gasteiger partial charge on any atom is 0.335 e. The Balaban J connectivity index is 0.000000149. The third kappa shape index (κ3) is 10.3. The van der Waals surface area contributed by atoms with Crippen LogP contribution in [0.4, 0.5) is 5.69 Å². The van der Waals surface area contributed by atoms with Gasteiger partial charge in [-0.15, -0.1) is 0 Å². The van der Waals surface area contributed by atoms with E-state index in [-0.39, 0.29) is 22.7 Å². The fraction of sp³-hybridized carbons (Fsp3) is 0.0189. The minimum atomic E-state index is -3.42. The highest BCUT2D eigenvalue weighted by atomic mass is 32.2. The predicted molar refractivity (Wildman–Crippen MR) is 255 cm³/mol. The summed E-state index contributed by atoms with van der Waals surface area (Å²) in [6.45, 7) is 0. The van der Waals surface area contributed by atoms with Gasteiger partial charge < -0.3 is 10.8 Å². The number of benzene rings is 6. The Bertz CT molecular complexity index is 3250. The number of hydrogen-bond donors (Lipinski definition) is 2. The molecule has 0 fully saturated rings. The summed E-state index contributed by atoms with van der Waals surface area (Å²) in [5, 5.41) is 11.7. The van der Waals surface area contributed by atoms with Crippen molar-refractivity contribution in [2.75, 3.05) is 5.73 Å². The van der Waals surface area contributed by atoms with Crippen molar-refractivity contribution in [3.05, 3.63) is 221 Å². The molecule has 8 aromatic rings. The van der Waals surface area contributed by atoms with Crippen molar-refractivity contribution < 1.29 is 31.5 Å². The van der Waals surface area contributed by atoms with Crippen molar-refractivity contribution in [3.8, 4) is 45.0 Å². The van der Waals surface area contributed by atoms with Gasteiger partial charge in [-0.2, -0.15) is 0 Å². The van der Waals surface area contributed by atoms with Crippen molar-refractivity contribution in [1.82, 2.24) is 9.97 Å². The van der Waals surface area contributed by atoms with Gasteiger partial charge in [0.15, 0.2) is 15.6 Å². The fourth-order valence-electron chi connectivity index (χ4n) is 7.14. The number of nitrogen functional groups attached to an aromatic ring is 1. The van der Waals surface area contributed by atoms with Crippen molar-refractivity contribution in [2.45, 2.75) is 16.2 Å². The van der Waals surface area contributed by atoms with E-state index in [0.717, 1.165) is 33.6 Å². The second-order valence-corrected chi connectivity index (χ2v) is 18.6. The molecule has 0 saturated heterocycles. The summed E-state index contributed by atoms with van der Waals surface area (Å²) in [7, 11) is -6.60. The molecule has 65 heavy (non-hydrogen) atoms. The third-order valence-electron chi connectivity index (χ3n) is 10.4. The number of aromatic carboxylic acids is 1. The Morgan fingerprint density at radius 1 is 0.462 bits per heavy atom. The second-order valence-electron chi connectivity index (χ2n) is 15.0. The number of carbonyl (C=O) groups excluding carboxylic acids is 1. The molecule has 0 amide bonds. The first-order valence-corrected chi connectivity index (χ1v) is 23.3. The molecule has 0 aliphatic carbocycles. The predicted octanol–water partition coefficient (Wildman–Crippen LogP) is 10.7. The van der Waals surface area contributed by atoms with Crippen LogP contribution in [0.25, 0.3) is 57.2 Å². The Labute approximate surface area is 376 Å². The Morgan fingerprint density at radius 2 is 0.831 bits per heavy atom. The van der Waals surface area contributed by atoms with Gasteiger partial charge in [-0.3, -0.25) is 4.79 Å². The topological polar surface area (TPSA) is 174 Å². The van der Waals surface area contributed by atoms with Crippen molar-refractivity contribution >= 4 is 49.3 Å². The quantitative estimate of drug-likeness (QED) is 0.110. The molecule has 0 bridgehead atoms. The van der Waals surface area contributed by atoms with Gasteiger partial charge in [0.1, 0.15) is 0 Å². The van der Waals surface area contributed by atoms with Gasteiger partial charge in [0, 0.05) is 50.7 Å². The minimum absolute atomic E-state index is 0.0925. The summed E-state index contributed by atoms with van der Waals surface area (Å²) in [6.07, 6.45) is 3.26. The van der Waals surface area contributed by atoms with Gasteiger partial charge in [0.05, 0.1) is 38.1 Å². The van der Waals surface area contributed by atoms with Crippen LogP contribution < -0.4 is 5.73 Å². The molecule has 3 N–H and O–H groups in total. The van der Waals surface area contributed by atoms with Crippen LogP contribution in [0.15, 0.2) is 203 Å². The molecule has 2 aliphatic rings. The zero-order valence-corrected chi connectivity index (χ0v) is 36.2. The summed E-state index contributed by atoms with van der Waals surface area (Å²) in [5.41, 5.74) is 15.2. The van der Waals surface area contributed by atoms with Crippen molar-refractivity contribution in [3.63, 3.8) is 0 Å². The van der Waals surface area contributed by atoms with Crippen LogP contribution in [0.5, 0.6) is 0 Å². The molecule has 12 heteroatoms. The Morgan fingerprint density at radius 3 is 1.23 bits per heavy atom. The van der Waals surface area contributed by atoms with Crippen molar-refractivity contribution in [1.29, 1.82) is 0 Å². The molecule has 2 aromatic heterocycles. The van der Waals surface area contributed by atoms with Crippen LogP contribution in [0.3, 0.4) is 0 Å². The smallest absolute Gasteiger partial charge is 0.335 e. The van der Waals surface area contributed by atoms with Gasteiger partial charge in [0.2, 0.25) is 9.84 Å². The molecule has 6 aromatic carbocycles.